The highest BCUT2D eigenvalue weighted by molar-refractivity contribution is 5.94. The van der Waals surface area contributed by atoms with Crippen molar-refractivity contribution in [2.24, 2.45) is 5.92 Å². The number of nitrogens with zero attached hydrogens (tertiary/aromatic N) is 3. The summed E-state index contributed by atoms with van der Waals surface area (Å²) >= 11 is 0. The summed E-state index contributed by atoms with van der Waals surface area (Å²) in [4.78, 5) is 45.6. The number of hydrogen-bond donors (Lipinski definition) is 3. The minimum atomic E-state index is -0.228. The number of pyridine rings is 1. The van der Waals surface area contributed by atoms with Gasteiger partial charge in [0.25, 0.3) is 11.5 Å². The van der Waals surface area contributed by atoms with E-state index >= 15 is 0 Å². The highest BCUT2D eigenvalue weighted by Crippen LogP contribution is 2.23. The van der Waals surface area contributed by atoms with Crippen molar-refractivity contribution in [1.82, 2.24) is 25.2 Å². The number of aryl methyl sites for hydroxylation is 1. The van der Waals surface area contributed by atoms with Crippen molar-refractivity contribution < 1.29 is 9.59 Å². The Labute approximate surface area is 204 Å². The molecular formula is C26H32N6O3. The van der Waals surface area contributed by atoms with E-state index in [2.05, 4.69) is 25.9 Å². The molecule has 0 radical (unpaired) electrons. The van der Waals surface area contributed by atoms with Gasteiger partial charge in [0.15, 0.2) is 5.65 Å². The van der Waals surface area contributed by atoms with Gasteiger partial charge in [-0.2, -0.15) is 4.98 Å². The van der Waals surface area contributed by atoms with Gasteiger partial charge < -0.3 is 16.0 Å². The van der Waals surface area contributed by atoms with Crippen LogP contribution >= 0.6 is 0 Å². The molecule has 1 saturated carbocycles. The zero-order chi connectivity index (χ0) is 24.8. The van der Waals surface area contributed by atoms with Crippen LogP contribution < -0.4 is 21.5 Å². The summed E-state index contributed by atoms with van der Waals surface area (Å²) in [6.45, 7) is 4.91. The maximum Gasteiger partial charge on any atom is 0.256 e. The third kappa shape index (κ3) is 6.03. The molecule has 35 heavy (non-hydrogen) atoms. The maximum atomic E-state index is 12.8. The number of aromatic nitrogens is 3. The van der Waals surface area contributed by atoms with Crippen LogP contribution in [0.4, 0.5) is 5.95 Å². The van der Waals surface area contributed by atoms with Crippen molar-refractivity contribution in [3.63, 3.8) is 0 Å². The molecule has 1 aliphatic rings. The van der Waals surface area contributed by atoms with Gasteiger partial charge in [0.2, 0.25) is 11.9 Å². The maximum absolute atomic E-state index is 12.8. The van der Waals surface area contributed by atoms with Crippen LogP contribution in [-0.4, -0.2) is 46.0 Å². The molecule has 1 aliphatic carbocycles. The second-order valence-electron chi connectivity index (χ2n) is 9.05. The fourth-order valence-corrected chi connectivity index (χ4v) is 4.50. The number of hydrogen-bond acceptors (Lipinski definition) is 6. The standard InChI is InChI=1S/C26H32N6O3/c1-17-22-12-13-23(34)32(24(22)31-26(30-17)28-15-14-27-18(2)33)21-10-8-20(9-11-21)25(35)29-16-19-6-4-3-5-7-19/h8-13,19H,3-7,14-16H2,1-2H3,(H,27,33)(H,29,35)(H,28,30,31). The molecule has 0 spiro atoms. The first-order valence-electron chi connectivity index (χ1n) is 12.2. The molecule has 9 nitrogen and oxygen atoms in total. The van der Waals surface area contributed by atoms with Gasteiger partial charge in [-0.25, -0.2) is 4.98 Å². The first-order chi connectivity index (χ1) is 16.9. The predicted molar refractivity (Wildman–Crippen MR) is 136 cm³/mol. The van der Waals surface area contributed by atoms with Crippen LogP contribution in [0.2, 0.25) is 0 Å². The van der Waals surface area contributed by atoms with Crippen LogP contribution in [0, 0.1) is 12.8 Å². The van der Waals surface area contributed by atoms with Crippen LogP contribution in [0.1, 0.15) is 55.1 Å². The second kappa shape index (κ2) is 11.1. The Kier molecular flexibility index (Phi) is 7.74. The normalized spacial score (nSPS) is 14.0. The van der Waals surface area contributed by atoms with Gasteiger partial charge in [-0.1, -0.05) is 19.3 Å². The minimum Gasteiger partial charge on any atom is -0.355 e. The molecule has 0 aliphatic heterocycles. The number of nitrogens with one attached hydrogen (secondary N) is 3. The van der Waals surface area contributed by atoms with Crippen molar-refractivity contribution in [2.45, 2.75) is 46.0 Å². The lowest BCUT2D eigenvalue weighted by Gasteiger charge is -2.21. The molecule has 2 amide bonds. The average molecular weight is 477 g/mol. The van der Waals surface area contributed by atoms with Crippen molar-refractivity contribution in [2.75, 3.05) is 25.0 Å². The number of carbonyl (C=O) groups excluding carboxylic acids is 2. The Morgan fingerprint density at radius 2 is 1.71 bits per heavy atom. The molecule has 0 atom stereocenters. The third-order valence-corrected chi connectivity index (χ3v) is 6.39. The van der Waals surface area contributed by atoms with E-state index in [9.17, 15) is 14.4 Å². The Morgan fingerprint density at radius 3 is 2.43 bits per heavy atom. The van der Waals surface area contributed by atoms with Gasteiger partial charge >= 0.3 is 0 Å². The highest BCUT2D eigenvalue weighted by atomic mass is 16.2. The number of benzene rings is 1. The second-order valence-corrected chi connectivity index (χ2v) is 9.05. The molecule has 9 heteroatoms. The monoisotopic (exact) mass is 476 g/mol. The Morgan fingerprint density at radius 1 is 0.971 bits per heavy atom. The Bertz CT molecular complexity index is 1260. The van der Waals surface area contributed by atoms with E-state index in [0.717, 1.165) is 11.1 Å². The van der Waals surface area contributed by atoms with Gasteiger partial charge in [0, 0.05) is 43.6 Å². The van der Waals surface area contributed by atoms with Gasteiger partial charge in [-0.3, -0.25) is 19.0 Å². The molecule has 0 saturated heterocycles. The van der Waals surface area contributed by atoms with E-state index in [1.54, 1.807) is 30.3 Å². The lowest BCUT2D eigenvalue weighted by molar-refractivity contribution is -0.118. The molecule has 1 aromatic carbocycles. The molecular weight excluding hydrogens is 444 g/mol. The Balaban J connectivity index is 1.54. The van der Waals surface area contributed by atoms with Crippen molar-refractivity contribution >= 4 is 28.8 Å². The van der Waals surface area contributed by atoms with Gasteiger partial charge in [-0.15, -0.1) is 0 Å². The van der Waals surface area contributed by atoms with Crippen molar-refractivity contribution in [3.05, 3.63) is 58.0 Å². The number of rotatable bonds is 8. The molecule has 1 fully saturated rings. The van der Waals surface area contributed by atoms with Crippen molar-refractivity contribution in [1.29, 1.82) is 0 Å². The molecule has 2 aromatic heterocycles. The number of amides is 2. The van der Waals surface area contributed by atoms with E-state index in [1.807, 2.05) is 6.92 Å². The molecule has 2 heterocycles. The van der Waals surface area contributed by atoms with Gasteiger partial charge in [0.05, 0.1) is 11.4 Å². The number of carbonyl (C=O) groups is 2. The minimum absolute atomic E-state index is 0.101. The SMILES string of the molecule is CC(=O)NCCNc1nc(C)c2ccc(=O)n(-c3ccc(C(=O)NCC4CCCCC4)cc3)c2n1. The van der Waals surface area contributed by atoms with Crippen molar-refractivity contribution in [3.8, 4) is 5.69 Å². The zero-order valence-corrected chi connectivity index (χ0v) is 20.3. The summed E-state index contributed by atoms with van der Waals surface area (Å²) in [7, 11) is 0. The summed E-state index contributed by atoms with van der Waals surface area (Å²) < 4.78 is 1.52. The molecule has 3 aromatic rings. The molecule has 3 N–H and O–H groups in total. The van der Waals surface area contributed by atoms with Gasteiger partial charge in [0.1, 0.15) is 0 Å². The molecule has 184 valence electrons. The van der Waals surface area contributed by atoms with E-state index < -0.39 is 0 Å². The van der Waals surface area contributed by atoms with E-state index in [4.69, 9.17) is 0 Å². The molecule has 4 rings (SSSR count). The molecule has 0 bridgehead atoms. The fourth-order valence-electron chi connectivity index (χ4n) is 4.50. The zero-order valence-electron chi connectivity index (χ0n) is 20.3. The van der Waals surface area contributed by atoms with Crippen LogP contribution in [0.15, 0.2) is 41.2 Å². The van der Waals surface area contributed by atoms with Crippen LogP contribution in [-0.2, 0) is 4.79 Å². The fraction of sp³-hybridized carbons (Fsp3) is 0.423. The Hall–Kier alpha value is -3.75. The molecule has 0 unspecified atom stereocenters. The first-order valence-corrected chi connectivity index (χ1v) is 12.2. The van der Waals surface area contributed by atoms with E-state index in [1.165, 1.54) is 49.7 Å². The summed E-state index contributed by atoms with van der Waals surface area (Å²) in [5, 5.41) is 9.61. The summed E-state index contributed by atoms with van der Waals surface area (Å²) in [6.07, 6.45) is 6.12. The quantitative estimate of drug-likeness (QED) is 0.430. The lowest BCUT2D eigenvalue weighted by Crippen LogP contribution is -2.30. The lowest BCUT2D eigenvalue weighted by atomic mass is 9.89. The predicted octanol–water partition coefficient (Wildman–Crippen LogP) is 2.95. The highest BCUT2D eigenvalue weighted by Gasteiger charge is 2.16. The number of anilines is 1. The van der Waals surface area contributed by atoms with E-state index in [0.29, 0.717) is 48.4 Å². The topological polar surface area (TPSA) is 118 Å². The summed E-state index contributed by atoms with van der Waals surface area (Å²) in [6, 6.07) is 10.2. The summed E-state index contributed by atoms with van der Waals surface area (Å²) in [5.41, 5.74) is 2.15. The van der Waals surface area contributed by atoms with Gasteiger partial charge in [-0.05, 0) is 56.0 Å². The van der Waals surface area contributed by atoms with Crippen LogP contribution in [0.3, 0.4) is 0 Å². The van der Waals surface area contributed by atoms with Crippen LogP contribution in [0.25, 0.3) is 16.7 Å². The van der Waals surface area contributed by atoms with E-state index in [-0.39, 0.29) is 17.4 Å². The summed E-state index contributed by atoms with van der Waals surface area (Å²) in [5.74, 6) is 0.724. The first kappa shape index (κ1) is 24.4. The average Bonchev–Trinajstić information content (AvgIpc) is 2.86. The smallest absolute Gasteiger partial charge is 0.256 e. The third-order valence-electron chi connectivity index (χ3n) is 6.39. The van der Waals surface area contributed by atoms with Crippen LogP contribution in [0.5, 0.6) is 0 Å². The number of fused-ring (bicyclic) bond motifs is 1. The largest absolute Gasteiger partial charge is 0.355 e.